The number of hydrazone groups is 1. The third kappa shape index (κ3) is 3.55. The van der Waals surface area contributed by atoms with Crippen LogP contribution in [0.1, 0.15) is 15.9 Å². The monoisotopic (exact) mass is 354 g/mol. The standard InChI is InChI=1S/C12H11BrN4O2S/c1-19-11(18)8-3-2-7(4-9(8)13)5-15-17-12-16-10(14)6-20-12/h2-6H,14H2,1H3,(H,16,17). The number of benzene rings is 1. The fraction of sp³-hybridized carbons (Fsp3) is 0.0833. The fourth-order valence-electron chi connectivity index (χ4n) is 1.39. The summed E-state index contributed by atoms with van der Waals surface area (Å²) in [6.07, 6.45) is 1.61. The molecule has 0 bridgehead atoms. The second-order valence-electron chi connectivity index (χ2n) is 3.68. The van der Waals surface area contributed by atoms with Crippen molar-refractivity contribution in [2.45, 2.75) is 0 Å². The van der Waals surface area contributed by atoms with E-state index in [4.69, 9.17) is 5.73 Å². The highest BCUT2D eigenvalue weighted by molar-refractivity contribution is 9.10. The lowest BCUT2D eigenvalue weighted by Crippen LogP contribution is -2.02. The van der Waals surface area contributed by atoms with Crippen LogP contribution < -0.4 is 11.2 Å². The number of nitrogens with one attached hydrogen (secondary N) is 1. The van der Waals surface area contributed by atoms with Crippen LogP contribution in [-0.2, 0) is 4.74 Å². The molecule has 0 aliphatic heterocycles. The molecule has 0 spiro atoms. The van der Waals surface area contributed by atoms with Crippen molar-refractivity contribution in [2.75, 3.05) is 18.3 Å². The van der Waals surface area contributed by atoms with Gasteiger partial charge in [-0.15, -0.1) is 11.3 Å². The number of esters is 1. The van der Waals surface area contributed by atoms with Gasteiger partial charge < -0.3 is 10.5 Å². The first-order valence-corrected chi connectivity index (χ1v) is 7.15. The van der Waals surface area contributed by atoms with E-state index in [1.807, 2.05) is 0 Å². The van der Waals surface area contributed by atoms with Crippen molar-refractivity contribution in [3.05, 3.63) is 39.2 Å². The summed E-state index contributed by atoms with van der Waals surface area (Å²) >= 11 is 4.68. The van der Waals surface area contributed by atoms with Gasteiger partial charge in [0.2, 0.25) is 5.13 Å². The van der Waals surface area contributed by atoms with Crippen LogP contribution in [0.4, 0.5) is 10.9 Å². The highest BCUT2D eigenvalue weighted by atomic mass is 79.9. The molecule has 6 nitrogen and oxygen atoms in total. The van der Waals surface area contributed by atoms with Gasteiger partial charge in [0.1, 0.15) is 5.82 Å². The minimum Gasteiger partial charge on any atom is -0.465 e. The second-order valence-corrected chi connectivity index (χ2v) is 5.39. The Kier molecular flexibility index (Phi) is 4.70. The molecule has 0 radical (unpaired) electrons. The van der Waals surface area contributed by atoms with E-state index in [0.29, 0.717) is 21.0 Å². The van der Waals surface area contributed by atoms with Gasteiger partial charge in [-0.05, 0) is 33.6 Å². The smallest absolute Gasteiger partial charge is 0.339 e. The normalized spacial score (nSPS) is 10.7. The maximum atomic E-state index is 11.4. The fourth-order valence-corrected chi connectivity index (χ4v) is 2.49. The van der Waals surface area contributed by atoms with Gasteiger partial charge in [0, 0.05) is 9.85 Å². The van der Waals surface area contributed by atoms with Crippen molar-refractivity contribution in [3.8, 4) is 0 Å². The Labute approximate surface area is 127 Å². The molecule has 0 amide bonds. The van der Waals surface area contributed by atoms with Gasteiger partial charge in [-0.2, -0.15) is 5.10 Å². The number of nitrogens with zero attached hydrogens (tertiary/aromatic N) is 2. The molecule has 0 atom stereocenters. The molecule has 3 N–H and O–H groups in total. The van der Waals surface area contributed by atoms with Crippen LogP contribution in [0.5, 0.6) is 0 Å². The maximum absolute atomic E-state index is 11.4. The number of carbonyl (C=O) groups is 1. The van der Waals surface area contributed by atoms with Crippen molar-refractivity contribution in [1.29, 1.82) is 0 Å². The summed E-state index contributed by atoms with van der Waals surface area (Å²) in [6, 6.07) is 5.20. The lowest BCUT2D eigenvalue weighted by Gasteiger charge is -2.03. The minimum atomic E-state index is -0.392. The summed E-state index contributed by atoms with van der Waals surface area (Å²) in [7, 11) is 1.34. The molecule has 8 heteroatoms. The largest absolute Gasteiger partial charge is 0.465 e. The highest BCUT2D eigenvalue weighted by Crippen LogP contribution is 2.19. The summed E-state index contributed by atoms with van der Waals surface area (Å²) in [4.78, 5) is 15.4. The molecule has 0 saturated heterocycles. The van der Waals surface area contributed by atoms with Gasteiger partial charge in [-0.25, -0.2) is 9.78 Å². The van der Waals surface area contributed by atoms with E-state index in [1.54, 1.807) is 29.8 Å². The summed E-state index contributed by atoms with van der Waals surface area (Å²) < 4.78 is 5.31. The van der Waals surface area contributed by atoms with Crippen LogP contribution >= 0.6 is 27.3 Å². The molecule has 20 heavy (non-hydrogen) atoms. The molecule has 0 aliphatic rings. The number of methoxy groups -OCH3 is 1. The predicted octanol–water partition coefficient (Wildman–Crippen LogP) is 2.72. The van der Waals surface area contributed by atoms with Crippen LogP contribution in [0, 0.1) is 0 Å². The number of carbonyl (C=O) groups excluding carboxylic acids is 1. The number of rotatable bonds is 4. The number of ether oxygens (including phenoxy) is 1. The molecule has 0 saturated carbocycles. The Morgan fingerprint density at radius 1 is 1.60 bits per heavy atom. The van der Waals surface area contributed by atoms with Gasteiger partial charge in [-0.3, -0.25) is 5.43 Å². The van der Waals surface area contributed by atoms with Crippen LogP contribution in [0.2, 0.25) is 0 Å². The highest BCUT2D eigenvalue weighted by Gasteiger charge is 2.09. The van der Waals surface area contributed by atoms with Crippen LogP contribution in [0.15, 0.2) is 33.2 Å². The number of aromatic nitrogens is 1. The molecule has 104 valence electrons. The van der Waals surface area contributed by atoms with Gasteiger partial charge >= 0.3 is 5.97 Å². The first kappa shape index (κ1) is 14.5. The Balaban J connectivity index is 2.06. The third-order valence-electron chi connectivity index (χ3n) is 2.29. The lowest BCUT2D eigenvalue weighted by molar-refractivity contribution is 0.0599. The average molecular weight is 355 g/mol. The van der Waals surface area contributed by atoms with E-state index < -0.39 is 5.97 Å². The van der Waals surface area contributed by atoms with E-state index in [9.17, 15) is 4.79 Å². The van der Waals surface area contributed by atoms with Gasteiger partial charge in [-0.1, -0.05) is 6.07 Å². The van der Waals surface area contributed by atoms with Crippen LogP contribution in [-0.4, -0.2) is 24.3 Å². The molecule has 2 rings (SSSR count). The van der Waals surface area contributed by atoms with Crippen molar-refractivity contribution in [1.82, 2.24) is 4.98 Å². The molecule has 0 aliphatic carbocycles. The summed E-state index contributed by atoms with van der Waals surface area (Å²) in [5.74, 6) is 0.0645. The topological polar surface area (TPSA) is 89.6 Å². The van der Waals surface area contributed by atoms with Crippen molar-refractivity contribution < 1.29 is 9.53 Å². The zero-order chi connectivity index (χ0) is 14.5. The van der Waals surface area contributed by atoms with E-state index in [0.717, 1.165) is 5.56 Å². The van der Waals surface area contributed by atoms with Crippen LogP contribution in [0.3, 0.4) is 0 Å². The quantitative estimate of drug-likeness (QED) is 0.500. The third-order valence-corrected chi connectivity index (χ3v) is 3.72. The minimum absolute atomic E-state index is 0.392. The Bertz CT molecular complexity index is 657. The zero-order valence-corrected chi connectivity index (χ0v) is 12.9. The molecular formula is C12H11BrN4O2S. The van der Waals surface area contributed by atoms with Gasteiger partial charge in [0.25, 0.3) is 0 Å². The second kappa shape index (κ2) is 6.49. The van der Waals surface area contributed by atoms with Crippen molar-refractivity contribution >= 4 is 50.4 Å². The number of halogens is 1. The molecule has 1 aromatic heterocycles. The average Bonchev–Trinajstić information content (AvgIpc) is 2.84. The molecule has 2 aromatic rings. The molecule has 1 heterocycles. The number of hydrogen-bond acceptors (Lipinski definition) is 7. The Hall–Kier alpha value is -1.93. The molecule has 0 fully saturated rings. The number of nitrogen functional groups attached to an aromatic ring is 1. The summed E-state index contributed by atoms with van der Waals surface area (Å²) in [5.41, 5.74) is 9.55. The Morgan fingerprint density at radius 2 is 2.40 bits per heavy atom. The summed E-state index contributed by atoms with van der Waals surface area (Å²) in [6.45, 7) is 0. The number of hydrogen-bond donors (Lipinski definition) is 2. The molecular weight excluding hydrogens is 344 g/mol. The Morgan fingerprint density at radius 3 is 3.00 bits per heavy atom. The summed E-state index contributed by atoms with van der Waals surface area (Å²) in [5, 5.41) is 6.38. The van der Waals surface area contributed by atoms with Crippen molar-refractivity contribution in [2.24, 2.45) is 5.10 Å². The predicted molar refractivity (Wildman–Crippen MR) is 83.2 cm³/mol. The van der Waals surface area contributed by atoms with E-state index in [-0.39, 0.29) is 0 Å². The first-order valence-electron chi connectivity index (χ1n) is 5.48. The van der Waals surface area contributed by atoms with E-state index in [1.165, 1.54) is 18.4 Å². The van der Waals surface area contributed by atoms with Gasteiger partial charge in [0.15, 0.2) is 0 Å². The zero-order valence-electron chi connectivity index (χ0n) is 10.5. The number of nitrogens with two attached hydrogens (primary N) is 1. The van der Waals surface area contributed by atoms with E-state index in [2.05, 4.69) is 36.2 Å². The van der Waals surface area contributed by atoms with Gasteiger partial charge in [0.05, 0.1) is 18.9 Å². The van der Waals surface area contributed by atoms with Crippen molar-refractivity contribution in [3.63, 3.8) is 0 Å². The molecule has 1 aromatic carbocycles. The molecule has 0 unspecified atom stereocenters. The maximum Gasteiger partial charge on any atom is 0.339 e. The van der Waals surface area contributed by atoms with E-state index >= 15 is 0 Å². The lowest BCUT2D eigenvalue weighted by atomic mass is 10.1. The number of anilines is 2. The first-order chi connectivity index (χ1) is 9.60. The SMILES string of the molecule is COC(=O)c1ccc(C=NNc2nc(N)cs2)cc1Br. The van der Waals surface area contributed by atoms with Crippen LogP contribution in [0.25, 0.3) is 0 Å². The number of thiazole rings is 1.